The van der Waals surface area contributed by atoms with Crippen molar-refractivity contribution in [1.82, 2.24) is 5.32 Å². The molecule has 0 aromatic heterocycles. The average Bonchev–Trinajstić information content (AvgIpc) is 2.31. The number of rotatable bonds is 5. The zero-order chi connectivity index (χ0) is 13.7. The van der Waals surface area contributed by atoms with Crippen molar-refractivity contribution in [3.05, 3.63) is 29.3 Å². The summed E-state index contributed by atoms with van der Waals surface area (Å²) >= 11 is 3.39. The minimum atomic E-state index is -0.212. The molecule has 1 aromatic rings. The van der Waals surface area contributed by atoms with Gasteiger partial charge in [-0.3, -0.25) is 4.79 Å². The highest BCUT2D eigenvalue weighted by atomic mass is 79.9. The van der Waals surface area contributed by atoms with Gasteiger partial charge in [0.1, 0.15) is 5.75 Å². The lowest BCUT2D eigenvalue weighted by Gasteiger charge is -2.21. The van der Waals surface area contributed by atoms with Crippen molar-refractivity contribution in [2.24, 2.45) is 5.92 Å². The van der Waals surface area contributed by atoms with Crippen LogP contribution in [0.2, 0.25) is 0 Å². The maximum atomic E-state index is 12.1. The molecule has 2 N–H and O–H groups in total. The second-order valence-electron chi connectivity index (χ2n) is 4.82. The van der Waals surface area contributed by atoms with Crippen LogP contribution in [0, 0.1) is 12.8 Å². The molecular weight excluding hydrogens is 294 g/mol. The fraction of sp³-hybridized carbons (Fsp3) is 0.500. The minimum Gasteiger partial charge on any atom is -0.507 e. The fourth-order valence-electron chi connectivity index (χ4n) is 1.77. The molecular formula is C14H20BrNO2. The van der Waals surface area contributed by atoms with Gasteiger partial charge in [0, 0.05) is 11.4 Å². The highest BCUT2D eigenvalue weighted by Crippen LogP contribution is 2.19. The Labute approximate surface area is 117 Å². The first-order valence-corrected chi connectivity index (χ1v) is 7.24. The third kappa shape index (κ3) is 4.02. The van der Waals surface area contributed by atoms with Gasteiger partial charge in [0.05, 0.1) is 5.56 Å². The van der Waals surface area contributed by atoms with Gasteiger partial charge in [0.25, 0.3) is 5.91 Å². The standard InChI is InChI=1S/C14H20BrNO2/c1-9(2)12(6-7-15)16-14(18)11-8-10(3)4-5-13(11)17/h4-5,8-9,12,17H,6-7H2,1-3H3,(H,16,18). The zero-order valence-electron chi connectivity index (χ0n) is 11.0. The second-order valence-corrected chi connectivity index (χ2v) is 5.62. The van der Waals surface area contributed by atoms with E-state index in [2.05, 4.69) is 35.1 Å². The molecule has 0 saturated carbocycles. The molecule has 4 heteroatoms. The van der Waals surface area contributed by atoms with Crippen molar-refractivity contribution in [2.75, 3.05) is 5.33 Å². The van der Waals surface area contributed by atoms with Gasteiger partial charge in [-0.2, -0.15) is 0 Å². The van der Waals surface area contributed by atoms with Crippen LogP contribution < -0.4 is 5.32 Å². The van der Waals surface area contributed by atoms with E-state index >= 15 is 0 Å². The first kappa shape index (κ1) is 15.0. The van der Waals surface area contributed by atoms with Crippen LogP contribution >= 0.6 is 15.9 Å². The van der Waals surface area contributed by atoms with Crippen LogP contribution in [-0.2, 0) is 0 Å². The summed E-state index contributed by atoms with van der Waals surface area (Å²) in [6.45, 7) is 6.04. The number of carbonyl (C=O) groups is 1. The molecule has 0 aliphatic rings. The van der Waals surface area contributed by atoms with E-state index in [0.717, 1.165) is 17.3 Å². The lowest BCUT2D eigenvalue weighted by atomic mass is 10.0. The van der Waals surface area contributed by atoms with Gasteiger partial charge < -0.3 is 10.4 Å². The van der Waals surface area contributed by atoms with Gasteiger partial charge in [0.15, 0.2) is 0 Å². The van der Waals surface area contributed by atoms with Crippen molar-refractivity contribution < 1.29 is 9.90 Å². The Bertz CT molecular complexity index is 418. The lowest BCUT2D eigenvalue weighted by Crippen LogP contribution is -2.38. The number of alkyl halides is 1. The van der Waals surface area contributed by atoms with E-state index in [1.165, 1.54) is 0 Å². The molecule has 0 heterocycles. The van der Waals surface area contributed by atoms with Gasteiger partial charge >= 0.3 is 0 Å². The molecule has 18 heavy (non-hydrogen) atoms. The van der Waals surface area contributed by atoms with E-state index in [0.29, 0.717) is 11.5 Å². The maximum absolute atomic E-state index is 12.1. The highest BCUT2D eigenvalue weighted by Gasteiger charge is 2.18. The number of nitrogens with one attached hydrogen (secondary N) is 1. The summed E-state index contributed by atoms with van der Waals surface area (Å²) in [5.41, 5.74) is 1.30. The molecule has 0 fully saturated rings. The second kappa shape index (κ2) is 6.78. The third-order valence-corrected chi connectivity index (χ3v) is 3.40. The van der Waals surface area contributed by atoms with E-state index in [4.69, 9.17) is 0 Å². The Kier molecular flexibility index (Phi) is 5.66. The number of aryl methyl sites for hydroxylation is 1. The average molecular weight is 314 g/mol. The highest BCUT2D eigenvalue weighted by molar-refractivity contribution is 9.09. The van der Waals surface area contributed by atoms with Crippen LogP contribution in [0.15, 0.2) is 18.2 Å². The number of carbonyl (C=O) groups excluding carboxylic acids is 1. The largest absolute Gasteiger partial charge is 0.507 e. The Morgan fingerprint density at radius 2 is 2.11 bits per heavy atom. The SMILES string of the molecule is Cc1ccc(O)c(C(=O)NC(CCBr)C(C)C)c1. The van der Waals surface area contributed by atoms with Crippen molar-refractivity contribution >= 4 is 21.8 Å². The van der Waals surface area contributed by atoms with Gasteiger partial charge in [0.2, 0.25) is 0 Å². The summed E-state index contributed by atoms with van der Waals surface area (Å²) in [5, 5.41) is 13.5. The Balaban J connectivity index is 2.83. The molecule has 3 nitrogen and oxygen atoms in total. The summed E-state index contributed by atoms with van der Waals surface area (Å²) < 4.78 is 0. The smallest absolute Gasteiger partial charge is 0.255 e. The van der Waals surface area contributed by atoms with Gasteiger partial charge in [-0.25, -0.2) is 0 Å². The maximum Gasteiger partial charge on any atom is 0.255 e. The molecule has 0 saturated heterocycles. The number of benzene rings is 1. The summed E-state index contributed by atoms with van der Waals surface area (Å²) in [7, 11) is 0. The Morgan fingerprint density at radius 3 is 2.67 bits per heavy atom. The molecule has 100 valence electrons. The number of hydrogen-bond acceptors (Lipinski definition) is 2. The fourth-order valence-corrected chi connectivity index (χ4v) is 2.26. The van der Waals surface area contributed by atoms with Crippen molar-refractivity contribution in [3.63, 3.8) is 0 Å². The molecule has 0 bridgehead atoms. The molecule has 1 unspecified atom stereocenters. The minimum absolute atomic E-state index is 0.0273. The number of phenols is 1. The normalized spacial score (nSPS) is 12.5. The lowest BCUT2D eigenvalue weighted by molar-refractivity contribution is 0.0922. The summed E-state index contributed by atoms with van der Waals surface area (Å²) in [6.07, 6.45) is 0.871. The molecule has 0 aliphatic carbocycles. The van der Waals surface area contributed by atoms with Crippen LogP contribution in [0.4, 0.5) is 0 Å². The summed E-state index contributed by atoms with van der Waals surface area (Å²) in [5.74, 6) is 0.175. The van der Waals surface area contributed by atoms with Crippen LogP contribution in [-0.4, -0.2) is 22.4 Å². The number of phenolic OH excluding ortho intramolecular Hbond substituents is 1. The van der Waals surface area contributed by atoms with E-state index in [9.17, 15) is 9.90 Å². The van der Waals surface area contributed by atoms with Gasteiger partial charge in [-0.15, -0.1) is 0 Å². The molecule has 0 radical (unpaired) electrons. The van der Waals surface area contributed by atoms with E-state index in [1.807, 2.05) is 6.92 Å². The summed E-state index contributed by atoms with van der Waals surface area (Å²) in [4.78, 5) is 12.1. The van der Waals surface area contributed by atoms with Crippen LogP contribution in [0.5, 0.6) is 5.75 Å². The Morgan fingerprint density at radius 1 is 1.44 bits per heavy atom. The van der Waals surface area contributed by atoms with Crippen LogP contribution in [0.3, 0.4) is 0 Å². The summed E-state index contributed by atoms with van der Waals surface area (Å²) in [6, 6.07) is 5.15. The molecule has 1 aromatic carbocycles. The van der Waals surface area contributed by atoms with E-state index in [-0.39, 0.29) is 17.7 Å². The predicted molar refractivity (Wildman–Crippen MR) is 77.3 cm³/mol. The van der Waals surface area contributed by atoms with Crippen molar-refractivity contribution in [2.45, 2.75) is 33.2 Å². The third-order valence-electron chi connectivity index (χ3n) is 2.94. The zero-order valence-corrected chi connectivity index (χ0v) is 12.6. The molecule has 1 atom stereocenters. The first-order chi connectivity index (χ1) is 8.45. The molecule has 1 rings (SSSR count). The van der Waals surface area contributed by atoms with Crippen molar-refractivity contribution in [1.29, 1.82) is 0 Å². The molecule has 0 spiro atoms. The monoisotopic (exact) mass is 313 g/mol. The topological polar surface area (TPSA) is 49.3 Å². The van der Waals surface area contributed by atoms with Crippen molar-refractivity contribution in [3.8, 4) is 5.75 Å². The number of aromatic hydroxyl groups is 1. The first-order valence-electron chi connectivity index (χ1n) is 6.12. The molecule has 1 amide bonds. The molecule has 0 aliphatic heterocycles. The van der Waals surface area contributed by atoms with E-state index < -0.39 is 0 Å². The van der Waals surface area contributed by atoms with Gasteiger partial charge in [-0.05, 0) is 31.4 Å². The van der Waals surface area contributed by atoms with Gasteiger partial charge in [-0.1, -0.05) is 41.4 Å². The Hall–Kier alpha value is -1.03. The number of halogens is 1. The van der Waals surface area contributed by atoms with Crippen LogP contribution in [0.25, 0.3) is 0 Å². The predicted octanol–water partition coefficient (Wildman–Crippen LogP) is 3.24. The number of hydrogen-bond donors (Lipinski definition) is 2. The quantitative estimate of drug-likeness (QED) is 0.820. The number of amides is 1. The van der Waals surface area contributed by atoms with E-state index in [1.54, 1.807) is 18.2 Å². The van der Waals surface area contributed by atoms with Crippen LogP contribution in [0.1, 0.15) is 36.2 Å².